The van der Waals surface area contributed by atoms with Gasteiger partial charge in [0.25, 0.3) is 0 Å². The molecular weight excluding hydrogens is 302 g/mol. The van der Waals surface area contributed by atoms with Crippen LogP contribution in [-0.4, -0.2) is 30.4 Å². The summed E-state index contributed by atoms with van der Waals surface area (Å²) in [6.07, 6.45) is 4.50. The Morgan fingerprint density at radius 1 is 1.18 bits per heavy atom. The van der Waals surface area contributed by atoms with Crippen LogP contribution in [0.4, 0.5) is 0 Å². The molecule has 0 bridgehead atoms. The molecule has 130 valence electrons. The Kier molecular flexibility index (Phi) is 9.69. The molecule has 0 aliphatic heterocycles. The smallest absolute Gasteiger partial charge is 0.239 e. The summed E-state index contributed by atoms with van der Waals surface area (Å²) in [6, 6.07) is -0.313. The largest absolute Gasteiger partial charge is 0.352 e. The Labute approximate surface area is 140 Å². The van der Waals surface area contributed by atoms with E-state index in [-0.39, 0.29) is 42.7 Å². The summed E-state index contributed by atoms with van der Waals surface area (Å²) >= 11 is 0. The van der Waals surface area contributed by atoms with Crippen molar-refractivity contribution in [3.63, 3.8) is 0 Å². The molecule has 1 saturated carbocycles. The predicted octanol–water partition coefficient (Wildman–Crippen LogP) is 1.84. The molecule has 6 heteroatoms. The lowest BCUT2D eigenvalue weighted by Crippen LogP contribution is -2.49. The molecule has 3 atom stereocenters. The van der Waals surface area contributed by atoms with E-state index in [0.29, 0.717) is 11.8 Å². The number of nitrogens with two attached hydrogens (primary N) is 1. The van der Waals surface area contributed by atoms with E-state index in [9.17, 15) is 9.59 Å². The van der Waals surface area contributed by atoms with Gasteiger partial charge in [0, 0.05) is 6.04 Å². The Bertz CT molecular complexity index is 361. The lowest BCUT2D eigenvalue weighted by Gasteiger charge is -2.32. The number of rotatable bonds is 6. The fourth-order valence-electron chi connectivity index (χ4n) is 2.83. The first-order chi connectivity index (χ1) is 9.81. The number of nitrogens with one attached hydrogen (secondary N) is 2. The minimum atomic E-state index is -0.558. The molecule has 4 N–H and O–H groups in total. The molecule has 0 radical (unpaired) electrons. The van der Waals surface area contributed by atoms with Gasteiger partial charge in [0.2, 0.25) is 11.8 Å². The first-order valence-electron chi connectivity index (χ1n) is 8.14. The number of carbonyl (C=O) groups excluding carboxylic acids is 2. The topological polar surface area (TPSA) is 84.2 Å². The Balaban J connectivity index is 0.00000441. The molecule has 0 heterocycles. The molecule has 1 aliphatic carbocycles. The van der Waals surface area contributed by atoms with E-state index in [1.807, 2.05) is 13.8 Å². The number of carbonyl (C=O) groups is 2. The van der Waals surface area contributed by atoms with Gasteiger partial charge in [-0.05, 0) is 30.6 Å². The average molecular weight is 334 g/mol. The maximum atomic E-state index is 11.9. The molecule has 0 aromatic carbocycles. The van der Waals surface area contributed by atoms with Crippen LogP contribution in [0.3, 0.4) is 0 Å². The van der Waals surface area contributed by atoms with Gasteiger partial charge in [-0.15, -0.1) is 12.4 Å². The summed E-state index contributed by atoms with van der Waals surface area (Å²) in [5.41, 5.74) is 5.74. The third-order valence-electron chi connectivity index (χ3n) is 4.47. The van der Waals surface area contributed by atoms with E-state index in [1.165, 1.54) is 12.8 Å². The normalized spacial score (nSPS) is 22.9. The van der Waals surface area contributed by atoms with Crippen molar-refractivity contribution in [2.24, 2.45) is 23.5 Å². The number of amides is 2. The third-order valence-corrected chi connectivity index (χ3v) is 4.47. The van der Waals surface area contributed by atoms with Gasteiger partial charge in [-0.25, -0.2) is 0 Å². The van der Waals surface area contributed by atoms with E-state index < -0.39 is 6.04 Å². The Morgan fingerprint density at radius 3 is 2.36 bits per heavy atom. The summed E-state index contributed by atoms with van der Waals surface area (Å²) in [7, 11) is 0. The van der Waals surface area contributed by atoms with Crippen molar-refractivity contribution in [3.05, 3.63) is 0 Å². The van der Waals surface area contributed by atoms with Crippen LogP contribution < -0.4 is 16.4 Å². The maximum absolute atomic E-state index is 11.9. The van der Waals surface area contributed by atoms with Crippen molar-refractivity contribution in [1.29, 1.82) is 0 Å². The van der Waals surface area contributed by atoms with Gasteiger partial charge < -0.3 is 16.4 Å². The van der Waals surface area contributed by atoms with Crippen molar-refractivity contribution in [2.45, 2.75) is 65.5 Å². The number of halogens is 1. The van der Waals surface area contributed by atoms with E-state index in [4.69, 9.17) is 5.73 Å². The standard InChI is InChI=1S/C16H31N3O2.ClH/c1-10(2)12-6-5-7-13(8-12)19-14(20)9-18-16(21)15(17)11(3)4;/h10-13,15H,5-9,17H2,1-4H3,(H,18,21)(H,19,20);1H/t12?,13?,15-;/m0./s1. The first kappa shape index (κ1) is 21.2. The van der Waals surface area contributed by atoms with Crippen LogP contribution in [0.5, 0.6) is 0 Å². The second kappa shape index (κ2) is 10.1. The minimum Gasteiger partial charge on any atom is -0.352 e. The molecular formula is C16H32ClN3O2. The first-order valence-corrected chi connectivity index (χ1v) is 8.14. The zero-order chi connectivity index (χ0) is 16.0. The van der Waals surface area contributed by atoms with Crippen LogP contribution in [0.15, 0.2) is 0 Å². The predicted molar refractivity (Wildman–Crippen MR) is 91.8 cm³/mol. The van der Waals surface area contributed by atoms with Gasteiger partial charge in [-0.3, -0.25) is 9.59 Å². The van der Waals surface area contributed by atoms with Gasteiger partial charge in [0.1, 0.15) is 0 Å². The zero-order valence-corrected chi connectivity index (χ0v) is 15.0. The van der Waals surface area contributed by atoms with Crippen molar-refractivity contribution in [3.8, 4) is 0 Å². The highest BCUT2D eigenvalue weighted by molar-refractivity contribution is 5.87. The van der Waals surface area contributed by atoms with Crippen LogP contribution in [0.1, 0.15) is 53.4 Å². The maximum Gasteiger partial charge on any atom is 0.239 e. The van der Waals surface area contributed by atoms with Crippen LogP contribution in [-0.2, 0) is 9.59 Å². The molecule has 1 rings (SSSR count). The summed E-state index contributed by atoms with van der Waals surface area (Å²) in [5.74, 6) is 1.04. The van der Waals surface area contributed by atoms with E-state index in [2.05, 4.69) is 24.5 Å². The molecule has 0 spiro atoms. The van der Waals surface area contributed by atoms with Gasteiger partial charge in [0.15, 0.2) is 0 Å². The van der Waals surface area contributed by atoms with E-state index in [0.717, 1.165) is 12.8 Å². The van der Waals surface area contributed by atoms with Gasteiger partial charge in [-0.2, -0.15) is 0 Å². The highest BCUT2D eigenvalue weighted by Crippen LogP contribution is 2.29. The van der Waals surface area contributed by atoms with Crippen LogP contribution in [0.2, 0.25) is 0 Å². The molecule has 5 nitrogen and oxygen atoms in total. The highest BCUT2D eigenvalue weighted by atomic mass is 35.5. The fourth-order valence-corrected chi connectivity index (χ4v) is 2.83. The van der Waals surface area contributed by atoms with Gasteiger partial charge in [0.05, 0.1) is 12.6 Å². The van der Waals surface area contributed by atoms with Crippen molar-refractivity contribution in [1.82, 2.24) is 10.6 Å². The Hall–Kier alpha value is -0.810. The molecule has 0 aromatic rings. The van der Waals surface area contributed by atoms with E-state index >= 15 is 0 Å². The summed E-state index contributed by atoms with van der Waals surface area (Å²) in [6.45, 7) is 8.27. The van der Waals surface area contributed by atoms with E-state index in [1.54, 1.807) is 0 Å². The molecule has 1 fully saturated rings. The number of hydrogen-bond acceptors (Lipinski definition) is 3. The fraction of sp³-hybridized carbons (Fsp3) is 0.875. The van der Waals surface area contributed by atoms with Crippen LogP contribution in [0.25, 0.3) is 0 Å². The third kappa shape index (κ3) is 6.97. The lowest BCUT2D eigenvalue weighted by molar-refractivity contribution is -0.127. The monoisotopic (exact) mass is 333 g/mol. The molecule has 2 unspecified atom stereocenters. The van der Waals surface area contributed by atoms with Crippen LogP contribution in [0, 0.1) is 17.8 Å². The zero-order valence-electron chi connectivity index (χ0n) is 14.2. The summed E-state index contributed by atoms with van der Waals surface area (Å²) in [5, 5.41) is 5.64. The van der Waals surface area contributed by atoms with Crippen molar-refractivity contribution >= 4 is 24.2 Å². The quantitative estimate of drug-likeness (QED) is 0.693. The van der Waals surface area contributed by atoms with Crippen molar-refractivity contribution in [2.75, 3.05) is 6.54 Å². The van der Waals surface area contributed by atoms with Gasteiger partial charge >= 0.3 is 0 Å². The summed E-state index contributed by atoms with van der Waals surface area (Å²) in [4.78, 5) is 23.6. The lowest BCUT2D eigenvalue weighted by atomic mass is 9.79. The molecule has 1 aliphatic rings. The number of hydrogen-bond donors (Lipinski definition) is 3. The average Bonchev–Trinajstić information content (AvgIpc) is 2.44. The molecule has 0 saturated heterocycles. The SMILES string of the molecule is CC(C)C1CCCC(NC(=O)CNC(=O)[C@@H](N)C(C)C)C1.Cl. The van der Waals surface area contributed by atoms with Gasteiger partial charge in [-0.1, -0.05) is 40.5 Å². The second-order valence-corrected chi connectivity index (χ2v) is 6.92. The van der Waals surface area contributed by atoms with Crippen molar-refractivity contribution < 1.29 is 9.59 Å². The Morgan fingerprint density at radius 2 is 1.82 bits per heavy atom. The second-order valence-electron chi connectivity index (χ2n) is 6.92. The summed E-state index contributed by atoms with van der Waals surface area (Å²) < 4.78 is 0. The minimum absolute atomic E-state index is 0. The van der Waals surface area contributed by atoms with Crippen LogP contribution >= 0.6 is 12.4 Å². The molecule has 2 amide bonds. The molecule has 0 aromatic heterocycles. The molecule has 22 heavy (non-hydrogen) atoms. The highest BCUT2D eigenvalue weighted by Gasteiger charge is 2.25.